The third kappa shape index (κ3) is 3.78. The van der Waals surface area contributed by atoms with E-state index in [0.717, 1.165) is 29.5 Å². The maximum atomic E-state index is 13.2. The lowest BCUT2D eigenvalue weighted by Gasteiger charge is -2.18. The Balaban J connectivity index is 1.52. The Morgan fingerprint density at radius 3 is 2.88 bits per heavy atom. The van der Waals surface area contributed by atoms with Crippen molar-refractivity contribution in [3.8, 4) is 0 Å². The lowest BCUT2D eigenvalue weighted by Crippen LogP contribution is -2.28. The maximum Gasteiger partial charge on any atom is 0.262 e. The van der Waals surface area contributed by atoms with Gasteiger partial charge in [-0.1, -0.05) is 23.9 Å². The average molecular weight is 469 g/mol. The second-order valence-electron chi connectivity index (χ2n) is 8.08. The quantitative estimate of drug-likeness (QED) is 0.339. The normalized spacial score (nSPS) is 14.7. The highest BCUT2D eigenvalue weighted by Crippen LogP contribution is 2.34. The van der Waals surface area contributed by atoms with E-state index in [2.05, 4.69) is 4.98 Å². The minimum atomic E-state index is -0.175. The molecule has 1 aliphatic rings. The lowest BCUT2D eigenvalue weighted by molar-refractivity contribution is 0.156. The molecule has 0 saturated carbocycles. The highest BCUT2D eigenvalue weighted by Gasteiger charge is 2.21. The van der Waals surface area contributed by atoms with Crippen molar-refractivity contribution in [3.05, 3.63) is 61.2 Å². The molecule has 1 aliphatic carbocycles. The van der Waals surface area contributed by atoms with Crippen LogP contribution in [0.3, 0.4) is 0 Å². The Morgan fingerprint density at radius 2 is 2.03 bits per heavy atom. The molecule has 1 N–H and O–H groups in total. The average Bonchev–Trinajstić information content (AvgIpc) is 3.17. The van der Waals surface area contributed by atoms with Crippen LogP contribution in [0.1, 0.15) is 42.1 Å². The Kier molecular flexibility index (Phi) is 5.88. The van der Waals surface area contributed by atoms with E-state index < -0.39 is 0 Å². The highest BCUT2D eigenvalue weighted by atomic mass is 32.2. The Labute approximate surface area is 192 Å². The van der Waals surface area contributed by atoms with Gasteiger partial charge in [-0.25, -0.2) is 9.97 Å². The van der Waals surface area contributed by atoms with Gasteiger partial charge in [0.15, 0.2) is 5.16 Å². The van der Waals surface area contributed by atoms with E-state index in [1.165, 1.54) is 28.6 Å². The van der Waals surface area contributed by atoms with E-state index in [4.69, 9.17) is 14.7 Å². The van der Waals surface area contributed by atoms with Gasteiger partial charge in [0.05, 0.1) is 34.7 Å². The fourth-order valence-corrected chi connectivity index (χ4v) is 6.59. The van der Waals surface area contributed by atoms with Crippen molar-refractivity contribution < 1.29 is 4.74 Å². The van der Waals surface area contributed by atoms with Crippen molar-refractivity contribution in [1.29, 1.82) is 0 Å². The number of nitrogens with one attached hydrogen (secondary N) is 1. The zero-order chi connectivity index (χ0) is 22.2. The highest BCUT2D eigenvalue weighted by molar-refractivity contribution is 7.98. The zero-order valence-electron chi connectivity index (χ0n) is 18.0. The van der Waals surface area contributed by atoms with Crippen molar-refractivity contribution in [2.75, 3.05) is 13.7 Å². The van der Waals surface area contributed by atoms with Crippen molar-refractivity contribution in [2.24, 2.45) is 0 Å². The molecule has 3 heterocycles. The third-order valence-corrected chi connectivity index (χ3v) is 7.99. The second-order valence-corrected chi connectivity index (χ2v) is 10.1. The van der Waals surface area contributed by atoms with Gasteiger partial charge >= 0.3 is 0 Å². The number of hydrogen-bond acceptors (Lipinski definition) is 7. The summed E-state index contributed by atoms with van der Waals surface area (Å²) in [5.74, 6) is 1.01. The SMILES string of the molecule is COCC(C)n1c(SCc2nc3sc4c(c3c(=O)[nH]2)CCCC4)nc2ccccc2c1=O. The van der Waals surface area contributed by atoms with Crippen molar-refractivity contribution in [1.82, 2.24) is 19.5 Å². The molecule has 166 valence electrons. The van der Waals surface area contributed by atoms with Crippen molar-refractivity contribution >= 4 is 44.2 Å². The lowest BCUT2D eigenvalue weighted by atomic mass is 9.97. The van der Waals surface area contributed by atoms with Crippen LogP contribution >= 0.6 is 23.1 Å². The molecule has 3 aromatic heterocycles. The molecular weight excluding hydrogens is 444 g/mol. The van der Waals surface area contributed by atoms with Crippen LogP contribution in [0.4, 0.5) is 0 Å². The minimum Gasteiger partial charge on any atom is -0.383 e. The van der Waals surface area contributed by atoms with E-state index in [1.807, 2.05) is 25.1 Å². The molecule has 0 bridgehead atoms. The van der Waals surface area contributed by atoms with Crippen molar-refractivity contribution in [2.45, 2.75) is 49.6 Å². The number of aromatic amines is 1. The summed E-state index contributed by atoms with van der Waals surface area (Å²) in [6, 6.07) is 7.17. The Morgan fingerprint density at radius 1 is 1.22 bits per heavy atom. The number of methoxy groups -OCH3 is 1. The summed E-state index contributed by atoms with van der Waals surface area (Å²) in [6.45, 7) is 2.34. The number of fused-ring (bicyclic) bond motifs is 4. The smallest absolute Gasteiger partial charge is 0.262 e. The van der Waals surface area contributed by atoms with Crippen LogP contribution in [-0.2, 0) is 23.3 Å². The summed E-state index contributed by atoms with van der Waals surface area (Å²) in [4.78, 5) is 40.6. The summed E-state index contributed by atoms with van der Waals surface area (Å²) in [5.41, 5.74) is 1.68. The number of thiophene rings is 1. The number of nitrogens with zero attached hydrogens (tertiary/aromatic N) is 3. The molecule has 0 saturated heterocycles. The van der Waals surface area contributed by atoms with Gasteiger partial charge in [0.25, 0.3) is 11.1 Å². The van der Waals surface area contributed by atoms with Crippen LogP contribution in [0.5, 0.6) is 0 Å². The van der Waals surface area contributed by atoms with E-state index in [0.29, 0.717) is 34.2 Å². The molecule has 0 fully saturated rings. The molecule has 5 rings (SSSR count). The standard InChI is InChI=1S/C23H24N4O3S2/c1-13(11-30-2)27-22(29)14-7-3-5-9-16(14)24-23(27)31-12-18-25-20(28)19-15-8-4-6-10-17(15)32-21(19)26-18/h3,5,7,9,13H,4,6,8,10-12H2,1-2H3,(H,25,26,28). The Bertz CT molecular complexity index is 1420. The van der Waals surface area contributed by atoms with E-state index in [1.54, 1.807) is 29.1 Å². The van der Waals surface area contributed by atoms with Crippen LogP contribution in [0.15, 0.2) is 39.0 Å². The van der Waals surface area contributed by atoms with Gasteiger partial charge < -0.3 is 9.72 Å². The third-order valence-electron chi connectivity index (χ3n) is 5.84. The first-order valence-electron chi connectivity index (χ1n) is 10.7. The first-order valence-corrected chi connectivity index (χ1v) is 12.5. The molecule has 9 heteroatoms. The molecular formula is C23H24N4O3S2. The van der Waals surface area contributed by atoms with Gasteiger partial charge in [-0.15, -0.1) is 11.3 Å². The summed E-state index contributed by atoms with van der Waals surface area (Å²) in [5, 5.41) is 1.93. The molecule has 1 unspecified atom stereocenters. The molecule has 0 amide bonds. The predicted molar refractivity (Wildman–Crippen MR) is 129 cm³/mol. The van der Waals surface area contributed by atoms with E-state index >= 15 is 0 Å². The van der Waals surface area contributed by atoms with Crippen LogP contribution in [0.25, 0.3) is 21.1 Å². The molecule has 7 nitrogen and oxygen atoms in total. The van der Waals surface area contributed by atoms with Gasteiger partial charge in [-0.05, 0) is 50.3 Å². The van der Waals surface area contributed by atoms with Crippen LogP contribution < -0.4 is 11.1 Å². The first-order chi connectivity index (χ1) is 15.6. The molecule has 1 atom stereocenters. The van der Waals surface area contributed by atoms with Gasteiger partial charge in [0.2, 0.25) is 0 Å². The topological polar surface area (TPSA) is 89.9 Å². The van der Waals surface area contributed by atoms with Crippen LogP contribution in [0.2, 0.25) is 0 Å². The summed E-state index contributed by atoms with van der Waals surface area (Å²) >= 11 is 3.04. The van der Waals surface area contributed by atoms with E-state index in [9.17, 15) is 9.59 Å². The molecule has 0 spiro atoms. The van der Waals surface area contributed by atoms with Gasteiger partial charge in [0.1, 0.15) is 10.7 Å². The maximum absolute atomic E-state index is 13.2. The predicted octanol–water partition coefficient (Wildman–Crippen LogP) is 4.07. The number of ether oxygens (including phenoxy) is 1. The van der Waals surface area contributed by atoms with Gasteiger partial charge in [-0.2, -0.15) is 0 Å². The van der Waals surface area contributed by atoms with Gasteiger partial charge in [0, 0.05) is 12.0 Å². The number of aromatic nitrogens is 4. The number of benzene rings is 1. The zero-order valence-corrected chi connectivity index (χ0v) is 19.6. The minimum absolute atomic E-state index is 0.0680. The number of aryl methyl sites for hydroxylation is 2. The molecule has 4 aromatic rings. The second kappa shape index (κ2) is 8.80. The van der Waals surface area contributed by atoms with Crippen LogP contribution in [-0.4, -0.2) is 33.2 Å². The first kappa shape index (κ1) is 21.4. The van der Waals surface area contributed by atoms with E-state index in [-0.39, 0.29) is 17.2 Å². The Hall–Kier alpha value is -2.49. The number of para-hydroxylation sites is 1. The fourth-order valence-electron chi connectivity index (χ4n) is 4.34. The molecule has 0 radical (unpaired) electrons. The summed E-state index contributed by atoms with van der Waals surface area (Å²) < 4.78 is 6.97. The number of H-pyrrole nitrogens is 1. The number of thioether (sulfide) groups is 1. The molecule has 1 aromatic carbocycles. The summed E-state index contributed by atoms with van der Waals surface area (Å²) in [6.07, 6.45) is 4.29. The van der Waals surface area contributed by atoms with Crippen molar-refractivity contribution in [3.63, 3.8) is 0 Å². The molecule has 0 aliphatic heterocycles. The largest absolute Gasteiger partial charge is 0.383 e. The number of rotatable bonds is 6. The summed E-state index contributed by atoms with van der Waals surface area (Å²) in [7, 11) is 1.62. The number of hydrogen-bond donors (Lipinski definition) is 1. The van der Waals surface area contributed by atoms with Gasteiger partial charge in [-0.3, -0.25) is 14.2 Å². The molecule has 32 heavy (non-hydrogen) atoms. The fraction of sp³-hybridized carbons (Fsp3) is 0.391. The monoisotopic (exact) mass is 468 g/mol. The van der Waals surface area contributed by atoms with Crippen LogP contribution in [0, 0.1) is 0 Å².